The van der Waals surface area contributed by atoms with Gasteiger partial charge in [-0.05, 0) is 0 Å². The molecular formula is C9H9O2Ru-. The standard InChI is InChI=1S/C7H9.2CO.Ru/c1-2-7-5-3-4-6-7;2*1-2;/h3-6H,2H2,1H3;;;/q-1;;;. The van der Waals surface area contributed by atoms with E-state index < -0.39 is 16.2 Å². The van der Waals surface area contributed by atoms with Crippen molar-refractivity contribution in [3.63, 3.8) is 0 Å². The van der Waals surface area contributed by atoms with E-state index in [-0.39, 0.29) is 0 Å². The average Bonchev–Trinajstić information content (AvgIpc) is 2.58. The van der Waals surface area contributed by atoms with Crippen LogP contribution in [0.1, 0.15) is 12.5 Å². The zero-order chi connectivity index (χ0) is 9.23. The normalized spacial score (nSPS) is 7.42. The number of rotatable bonds is 1. The first-order chi connectivity index (χ1) is 5.85. The molecule has 0 fully saturated rings. The van der Waals surface area contributed by atoms with Crippen molar-refractivity contribution in [3.8, 4) is 0 Å². The van der Waals surface area contributed by atoms with Crippen molar-refractivity contribution in [2.45, 2.75) is 13.3 Å². The summed E-state index contributed by atoms with van der Waals surface area (Å²) in [5.74, 6) is 0. The Labute approximate surface area is 78.2 Å². The molecule has 3 heteroatoms. The van der Waals surface area contributed by atoms with Crippen LogP contribution in [0.2, 0.25) is 0 Å². The quantitative estimate of drug-likeness (QED) is 0.554. The van der Waals surface area contributed by atoms with E-state index in [0.29, 0.717) is 0 Å². The Bertz CT molecular complexity index is 285. The van der Waals surface area contributed by atoms with Crippen LogP contribution in [0.4, 0.5) is 0 Å². The van der Waals surface area contributed by atoms with Gasteiger partial charge in [-0.15, -0.1) is 0 Å². The van der Waals surface area contributed by atoms with Crippen LogP contribution in [0, 0.1) is 0 Å². The molecule has 0 aliphatic heterocycles. The molecule has 0 aromatic heterocycles. The Morgan fingerprint density at radius 1 is 1.25 bits per heavy atom. The molecule has 66 valence electrons. The van der Waals surface area contributed by atoms with Crippen LogP contribution >= 0.6 is 0 Å². The molecular weight excluding hydrogens is 241 g/mol. The van der Waals surface area contributed by atoms with Crippen molar-refractivity contribution in [1.82, 2.24) is 0 Å². The maximum absolute atomic E-state index is 9.06. The fourth-order valence-corrected chi connectivity index (χ4v) is 0.737. The second-order valence-corrected chi connectivity index (χ2v) is 3.02. The van der Waals surface area contributed by atoms with Gasteiger partial charge in [-0.25, -0.2) is 12.1 Å². The molecule has 0 spiro atoms. The Morgan fingerprint density at radius 3 is 1.92 bits per heavy atom. The molecule has 0 aliphatic carbocycles. The van der Waals surface area contributed by atoms with Gasteiger partial charge in [-0.2, -0.15) is 17.7 Å². The second kappa shape index (κ2) is 8.23. The van der Waals surface area contributed by atoms with Crippen LogP contribution in [0.15, 0.2) is 24.3 Å². The first kappa shape index (κ1) is 11.1. The van der Waals surface area contributed by atoms with E-state index in [9.17, 15) is 0 Å². The van der Waals surface area contributed by atoms with Gasteiger partial charge >= 0.3 is 34.8 Å². The predicted molar refractivity (Wildman–Crippen MR) is 42.8 cm³/mol. The topological polar surface area (TPSA) is 34.1 Å². The number of carbonyl (C=O) groups excluding carboxylic acids is 2. The summed E-state index contributed by atoms with van der Waals surface area (Å²) in [5.41, 5.74) is 1.43. The minimum absolute atomic E-state index is 0.842. The number of aryl methyl sites for hydroxylation is 1. The number of hydrogen-bond acceptors (Lipinski definition) is 2. The van der Waals surface area contributed by atoms with Gasteiger partial charge in [-0.3, -0.25) is 0 Å². The molecule has 0 radical (unpaired) electrons. The van der Waals surface area contributed by atoms with Gasteiger partial charge in [0.2, 0.25) is 0 Å². The Morgan fingerprint density at radius 2 is 1.75 bits per heavy atom. The fourth-order valence-electron chi connectivity index (χ4n) is 0.664. The fraction of sp³-hybridized carbons (Fsp3) is 0.222. The third-order valence-corrected chi connectivity index (χ3v) is 1.57. The summed E-state index contributed by atoms with van der Waals surface area (Å²) in [7, 11) is 0. The monoisotopic (exact) mass is 251 g/mol. The van der Waals surface area contributed by atoms with E-state index in [1.54, 1.807) is 0 Å². The van der Waals surface area contributed by atoms with Crippen LogP contribution in [0.5, 0.6) is 0 Å². The van der Waals surface area contributed by atoms with Crippen molar-refractivity contribution in [1.29, 1.82) is 0 Å². The number of hydrogen-bond donors (Lipinski definition) is 0. The van der Waals surface area contributed by atoms with E-state index in [4.69, 9.17) is 9.59 Å². The molecule has 1 aromatic rings. The van der Waals surface area contributed by atoms with Crippen molar-refractivity contribution in [2.75, 3.05) is 0 Å². The third-order valence-electron chi connectivity index (χ3n) is 1.21. The van der Waals surface area contributed by atoms with E-state index in [2.05, 4.69) is 31.2 Å². The molecule has 0 saturated carbocycles. The van der Waals surface area contributed by atoms with Crippen LogP contribution in [-0.2, 0) is 32.2 Å². The molecule has 12 heavy (non-hydrogen) atoms. The molecule has 0 unspecified atom stereocenters. The van der Waals surface area contributed by atoms with Crippen LogP contribution in [-0.4, -0.2) is 8.95 Å². The molecule has 0 heterocycles. The first-order valence-electron chi connectivity index (χ1n) is 3.40. The summed E-state index contributed by atoms with van der Waals surface area (Å²) in [5, 5.41) is 0. The zero-order valence-electron chi connectivity index (χ0n) is 6.69. The van der Waals surface area contributed by atoms with Gasteiger partial charge < -0.3 is 0 Å². The summed E-state index contributed by atoms with van der Waals surface area (Å²) >= 11 is -0.842. The first-order valence-corrected chi connectivity index (χ1v) is 5.14. The third kappa shape index (κ3) is 5.88. The molecule has 2 nitrogen and oxygen atoms in total. The minimum atomic E-state index is -0.842. The van der Waals surface area contributed by atoms with Crippen molar-refractivity contribution in [2.24, 2.45) is 0 Å². The molecule has 0 saturated heterocycles. The molecule has 0 atom stereocenters. The molecule has 0 N–H and O–H groups in total. The Hall–Kier alpha value is -0.867. The molecule has 1 rings (SSSR count). The van der Waals surface area contributed by atoms with Gasteiger partial charge in [0.15, 0.2) is 0 Å². The summed E-state index contributed by atoms with van der Waals surface area (Å²) in [6, 6.07) is 8.41. The maximum atomic E-state index is 9.06. The van der Waals surface area contributed by atoms with Gasteiger partial charge in [0.25, 0.3) is 0 Å². The molecule has 0 aliphatic rings. The van der Waals surface area contributed by atoms with E-state index in [1.807, 2.05) is 0 Å². The molecule has 0 amide bonds. The van der Waals surface area contributed by atoms with Crippen molar-refractivity contribution in [3.05, 3.63) is 29.8 Å². The van der Waals surface area contributed by atoms with Crippen molar-refractivity contribution >= 4 is 8.95 Å². The van der Waals surface area contributed by atoms with Crippen LogP contribution < -0.4 is 0 Å². The Balaban J connectivity index is 0.000000217. The van der Waals surface area contributed by atoms with Crippen LogP contribution in [0.3, 0.4) is 0 Å². The van der Waals surface area contributed by atoms with Crippen molar-refractivity contribution < 1.29 is 25.8 Å². The van der Waals surface area contributed by atoms with Gasteiger partial charge in [0.05, 0.1) is 0 Å². The summed E-state index contributed by atoms with van der Waals surface area (Å²) in [4.78, 5) is 18.1. The molecule has 1 aromatic carbocycles. The van der Waals surface area contributed by atoms with Crippen LogP contribution in [0.25, 0.3) is 0 Å². The second-order valence-electron chi connectivity index (χ2n) is 1.88. The average molecular weight is 250 g/mol. The summed E-state index contributed by atoms with van der Waals surface area (Å²) < 4.78 is 2.87. The zero-order valence-corrected chi connectivity index (χ0v) is 8.42. The Kier molecular flexibility index (Phi) is 7.64. The van der Waals surface area contributed by atoms with E-state index in [0.717, 1.165) is 6.42 Å². The van der Waals surface area contributed by atoms with E-state index >= 15 is 0 Å². The summed E-state index contributed by atoms with van der Waals surface area (Å²) in [6.07, 6.45) is 1.16. The SMILES string of the molecule is CC[c-]1cccc1.O=[C]=[Ru]=[C]=O. The van der Waals surface area contributed by atoms with Gasteiger partial charge in [0.1, 0.15) is 0 Å². The summed E-state index contributed by atoms with van der Waals surface area (Å²) in [6.45, 7) is 2.16. The predicted octanol–water partition coefficient (Wildman–Crippen LogP) is 1.17. The van der Waals surface area contributed by atoms with E-state index in [1.165, 1.54) is 14.5 Å². The van der Waals surface area contributed by atoms with Gasteiger partial charge in [0, 0.05) is 0 Å². The van der Waals surface area contributed by atoms with Gasteiger partial charge in [-0.1, -0.05) is 13.3 Å². The molecule has 0 bridgehead atoms.